The number of piperidine rings is 2. The van der Waals surface area contributed by atoms with Crippen LogP contribution >= 0.6 is 0 Å². The molecule has 2 N–H and O–H groups in total. The highest BCUT2D eigenvalue weighted by Crippen LogP contribution is 2.28. The van der Waals surface area contributed by atoms with Gasteiger partial charge in [0.1, 0.15) is 29.0 Å². The summed E-state index contributed by atoms with van der Waals surface area (Å²) in [7, 11) is 3.36. The number of hydrogen-bond donors (Lipinski definition) is 2. The van der Waals surface area contributed by atoms with Gasteiger partial charge in [0.2, 0.25) is 0 Å². The number of likely N-dealkylation sites (tertiary alicyclic amines) is 2. The van der Waals surface area contributed by atoms with Crippen molar-refractivity contribution in [1.29, 1.82) is 0 Å². The van der Waals surface area contributed by atoms with Crippen LogP contribution in [0.3, 0.4) is 0 Å². The molecule has 20 heteroatoms. The first-order valence-electron chi connectivity index (χ1n) is 16.2. The second kappa shape index (κ2) is 13.7. The van der Waals surface area contributed by atoms with Crippen LogP contribution in [-0.2, 0) is 36.7 Å². The molecule has 4 aromatic rings. The molecule has 0 spiro atoms. The van der Waals surface area contributed by atoms with Crippen LogP contribution in [0.5, 0.6) is 0 Å². The first-order chi connectivity index (χ1) is 23.7. The second-order valence-corrected chi connectivity index (χ2v) is 14.1. The lowest BCUT2D eigenvalue weighted by atomic mass is 9.91. The number of nitrogens with zero attached hydrogens (tertiary/aromatic N) is 10. The lowest BCUT2D eigenvalue weighted by Crippen LogP contribution is -2.52. The Kier molecular flexibility index (Phi) is 10.0. The third-order valence-electron chi connectivity index (χ3n) is 8.94. The fourth-order valence-corrected chi connectivity index (χ4v) is 6.05. The molecule has 0 atom stereocenters. The van der Waals surface area contributed by atoms with Gasteiger partial charge >= 0.3 is 18.2 Å². The molecule has 0 saturated carbocycles. The minimum Gasteiger partial charge on any atom is -0.444 e. The summed E-state index contributed by atoms with van der Waals surface area (Å²) < 4.78 is 48.3. The number of fused-ring (bicyclic) bond motifs is 2. The molecule has 0 aromatic carbocycles. The predicted octanol–water partition coefficient (Wildman–Crippen LogP) is 0.938. The second-order valence-electron chi connectivity index (χ2n) is 14.1. The third kappa shape index (κ3) is 8.38. The van der Waals surface area contributed by atoms with Crippen LogP contribution in [0.1, 0.15) is 46.5 Å². The van der Waals surface area contributed by atoms with Crippen molar-refractivity contribution in [2.45, 2.75) is 82.5 Å². The molecule has 278 valence electrons. The molecule has 2 fully saturated rings. The maximum absolute atomic E-state index is 12.6. The molecule has 0 bridgehead atoms. The Bertz CT molecular complexity index is 2030. The molecule has 2 amide bonds. The van der Waals surface area contributed by atoms with Crippen molar-refractivity contribution in [2.75, 3.05) is 26.2 Å². The number of alkyl halides is 3. The summed E-state index contributed by atoms with van der Waals surface area (Å²) in [6, 6.07) is 0. The minimum atomic E-state index is -4.93. The fourth-order valence-electron chi connectivity index (χ4n) is 6.05. The van der Waals surface area contributed by atoms with Crippen LogP contribution in [0.4, 0.5) is 18.0 Å². The third-order valence-corrected chi connectivity index (χ3v) is 8.94. The summed E-state index contributed by atoms with van der Waals surface area (Å²) in [5.74, 6) is -1.91. The van der Waals surface area contributed by atoms with Crippen molar-refractivity contribution in [3.63, 3.8) is 0 Å². The van der Waals surface area contributed by atoms with E-state index in [4.69, 9.17) is 4.74 Å². The van der Waals surface area contributed by atoms with Crippen LogP contribution in [0, 0.1) is 0 Å². The smallest absolute Gasteiger partial charge is 0.444 e. The number of ether oxygens (including phenoxy) is 1. The van der Waals surface area contributed by atoms with E-state index >= 15 is 0 Å². The summed E-state index contributed by atoms with van der Waals surface area (Å²) in [5, 5.41) is 30.2. The van der Waals surface area contributed by atoms with E-state index in [1.165, 1.54) is 43.5 Å². The Hall–Kier alpha value is -4.85. The minimum absolute atomic E-state index is 0.0632. The molecule has 6 heterocycles. The number of carbonyl (C=O) groups is 2. The quantitative estimate of drug-likeness (QED) is 0.304. The Morgan fingerprint density at radius 1 is 0.765 bits per heavy atom. The summed E-state index contributed by atoms with van der Waals surface area (Å²) in [5.41, 5.74) is -2.71. The van der Waals surface area contributed by atoms with Crippen LogP contribution in [-0.4, -0.2) is 120 Å². The molecule has 4 aromatic heterocycles. The van der Waals surface area contributed by atoms with Crippen molar-refractivity contribution in [3.8, 4) is 0 Å². The standard InChI is InChI=1S/C17H25N5O4.C14H16F3N5O3/c1-16(2,3)26-15(24)21-7-5-17(25,6-8-21)10-22-11-18-13-12(14(22)23)9-19-20(13)4;1-20-10-9(6-19-20)11(23)22(8-18-10)7-13(25)2-4-21(5-3-13)12(24)14(15,16)17/h9,11,25H,5-8,10H2,1-4H3;6,8,25H,2-5,7H2,1H3. The van der Waals surface area contributed by atoms with Gasteiger partial charge in [0.25, 0.3) is 11.1 Å². The molecule has 0 aliphatic carbocycles. The van der Waals surface area contributed by atoms with Crippen LogP contribution in [0.25, 0.3) is 22.1 Å². The van der Waals surface area contributed by atoms with Gasteiger partial charge in [0.05, 0.1) is 36.7 Å². The highest BCUT2D eigenvalue weighted by atomic mass is 19.4. The number of halogens is 3. The predicted molar refractivity (Wildman–Crippen MR) is 174 cm³/mol. The number of rotatable bonds is 4. The van der Waals surface area contributed by atoms with Gasteiger partial charge in [-0.3, -0.25) is 32.9 Å². The largest absolute Gasteiger partial charge is 0.471 e. The highest BCUT2D eigenvalue weighted by Gasteiger charge is 2.45. The first-order valence-corrected chi connectivity index (χ1v) is 16.2. The monoisotopic (exact) mass is 722 g/mol. The number of aliphatic hydroxyl groups is 2. The van der Waals surface area contributed by atoms with Crippen molar-refractivity contribution in [1.82, 2.24) is 48.5 Å². The molecule has 6 rings (SSSR count). The topological polar surface area (TPSA) is 196 Å². The number of aryl methyl sites for hydroxylation is 2. The summed E-state index contributed by atoms with van der Waals surface area (Å²) in [6.07, 6.45) is 0.859. The van der Waals surface area contributed by atoms with Gasteiger partial charge in [-0.05, 0) is 46.5 Å². The molecule has 17 nitrogen and oxygen atoms in total. The molecule has 51 heavy (non-hydrogen) atoms. The van der Waals surface area contributed by atoms with E-state index in [0.717, 1.165) is 0 Å². The van der Waals surface area contributed by atoms with Gasteiger partial charge in [0.15, 0.2) is 11.3 Å². The first kappa shape index (κ1) is 37.4. The van der Waals surface area contributed by atoms with Gasteiger partial charge in [0, 0.05) is 40.3 Å². The Morgan fingerprint density at radius 2 is 1.16 bits per heavy atom. The lowest BCUT2D eigenvalue weighted by Gasteiger charge is -2.38. The summed E-state index contributed by atoms with van der Waals surface area (Å²) >= 11 is 0. The SMILES string of the molecule is Cn1ncc2c(=O)n(CC3(O)CCN(C(=O)C(F)(F)F)CC3)cnc21.Cn1ncc2c(=O)n(CC3(O)CCN(C(=O)OC(C)(C)C)CC3)cnc21. The number of amides is 2. The van der Waals surface area contributed by atoms with Crippen LogP contribution in [0.15, 0.2) is 34.6 Å². The fraction of sp³-hybridized carbons (Fsp3) is 0.613. The van der Waals surface area contributed by atoms with E-state index in [-0.39, 0.29) is 56.2 Å². The Morgan fingerprint density at radius 3 is 1.53 bits per heavy atom. The zero-order chi connectivity index (χ0) is 37.5. The van der Waals surface area contributed by atoms with Gasteiger partial charge in [-0.25, -0.2) is 14.8 Å². The van der Waals surface area contributed by atoms with Gasteiger partial charge in [-0.1, -0.05) is 0 Å². The van der Waals surface area contributed by atoms with Gasteiger partial charge < -0.3 is 24.7 Å². The Balaban J connectivity index is 0.000000198. The zero-order valence-electron chi connectivity index (χ0n) is 28.9. The number of carbonyl (C=O) groups excluding carboxylic acids is 2. The van der Waals surface area contributed by atoms with Crippen molar-refractivity contribution < 1.29 is 37.7 Å². The lowest BCUT2D eigenvalue weighted by molar-refractivity contribution is -0.188. The van der Waals surface area contributed by atoms with Crippen molar-refractivity contribution >= 4 is 34.1 Å². The summed E-state index contributed by atoms with van der Waals surface area (Å²) in [6.45, 7) is 5.77. The van der Waals surface area contributed by atoms with Crippen LogP contribution in [0.2, 0.25) is 0 Å². The van der Waals surface area contributed by atoms with Gasteiger partial charge in [-0.2, -0.15) is 23.4 Å². The average molecular weight is 723 g/mol. The van der Waals surface area contributed by atoms with Crippen molar-refractivity contribution in [3.05, 3.63) is 45.8 Å². The normalized spacial score (nSPS) is 17.7. The Labute approximate surface area is 288 Å². The summed E-state index contributed by atoms with van der Waals surface area (Å²) in [4.78, 5) is 59.0. The zero-order valence-corrected chi connectivity index (χ0v) is 28.9. The van der Waals surface area contributed by atoms with E-state index in [1.54, 1.807) is 19.0 Å². The maximum Gasteiger partial charge on any atom is 0.471 e. The van der Waals surface area contributed by atoms with E-state index in [9.17, 15) is 42.6 Å². The average Bonchev–Trinajstić information content (AvgIpc) is 3.62. The number of aromatic nitrogens is 8. The molecule has 0 unspecified atom stereocenters. The highest BCUT2D eigenvalue weighted by molar-refractivity contribution is 5.82. The molecule has 2 aliphatic rings. The molecular formula is C31H41F3N10O7. The van der Waals surface area contributed by atoms with E-state index < -0.39 is 28.9 Å². The number of hydrogen-bond acceptors (Lipinski definition) is 11. The maximum atomic E-state index is 12.6. The van der Waals surface area contributed by atoms with E-state index in [1.807, 2.05) is 20.8 Å². The van der Waals surface area contributed by atoms with E-state index in [2.05, 4.69) is 20.2 Å². The van der Waals surface area contributed by atoms with Crippen molar-refractivity contribution in [2.24, 2.45) is 14.1 Å². The molecular weight excluding hydrogens is 681 g/mol. The van der Waals surface area contributed by atoms with Gasteiger partial charge in [-0.15, -0.1) is 0 Å². The van der Waals surface area contributed by atoms with E-state index in [0.29, 0.717) is 52.9 Å². The molecule has 0 radical (unpaired) electrons. The molecule has 2 aliphatic heterocycles. The van der Waals surface area contributed by atoms with Crippen LogP contribution < -0.4 is 11.1 Å². The molecule has 2 saturated heterocycles.